The summed E-state index contributed by atoms with van der Waals surface area (Å²) in [5, 5.41) is 3.11. The highest BCUT2D eigenvalue weighted by atomic mass is 32.1. The van der Waals surface area contributed by atoms with E-state index in [1.54, 1.807) is 0 Å². The van der Waals surface area contributed by atoms with Gasteiger partial charge in [0.05, 0.1) is 22.0 Å². The zero-order valence-electron chi connectivity index (χ0n) is 18.5. The van der Waals surface area contributed by atoms with Crippen molar-refractivity contribution in [3.05, 3.63) is 52.0 Å². The van der Waals surface area contributed by atoms with Crippen molar-refractivity contribution in [1.82, 2.24) is 25.1 Å². The lowest BCUT2D eigenvalue weighted by Gasteiger charge is -2.32. The summed E-state index contributed by atoms with van der Waals surface area (Å²) < 4.78 is 0. The summed E-state index contributed by atoms with van der Waals surface area (Å²) in [7, 11) is 2.08. The summed E-state index contributed by atoms with van der Waals surface area (Å²) in [4.78, 5) is 39.4. The Balaban J connectivity index is 1.13. The van der Waals surface area contributed by atoms with Gasteiger partial charge in [-0.1, -0.05) is 12.1 Å². The fourth-order valence-corrected chi connectivity index (χ4v) is 5.41. The second kappa shape index (κ2) is 8.67. The molecule has 3 heterocycles. The van der Waals surface area contributed by atoms with Gasteiger partial charge in [-0.05, 0) is 50.6 Å². The Morgan fingerprint density at radius 3 is 2.75 bits per heavy atom. The number of carbonyl (C=O) groups excluding carboxylic acids is 2. The van der Waals surface area contributed by atoms with Crippen LogP contribution in [0.3, 0.4) is 0 Å². The summed E-state index contributed by atoms with van der Waals surface area (Å²) in [6, 6.07) is 11.8. The lowest BCUT2D eigenvalue weighted by molar-refractivity contribution is -0.122. The molecule has 5 rings (SSSR count). The number of nitrogens with one attached hydrogen (secondary N) is 2. The predicted octanol–water partition coefficient (Wildman–Crippen LogP) is 3.38. The summed E-state index contributed by atoms with van der Waals surface area (Å²) in [5.41, 5.74) is 2.02. The minimum atomic E-state index is -0.107. The molecule has 2 aliphatic rings. The maximum absolute atomic E-state index is 12.8. The van der Waals surface area contributed by atoms with E-state index in [1.807, 2.05) is 48.2 Å². The SMILES string of the molecule is C[C@@H](NC(=O)C[C@@H]1C[C@@H]1c1nc2ccccc2[nH]1)c1ccc(C(=O)N2CCN(C)CC2)s1. The molecular formula is C24H29N5O2S. The Morgan fingerprint density at radius 1 is 1.19 bits per heavy atom. The van der Waals surface area contributed by atoms with E-state index in [4.69, 9.17) is 0 Å². The van der Waals surface area contributed by atoms with Crippen LogP contribution in [0.1, 0.15) is 52.1 Å². The van der Waals surface area contributed by atoms with Crippen molar-refractivity contribution in [3.8, 4) is 0 Å². The van der Waals surface area contributed by atoms with E-state index in [9.17, 15) is 9.59 Å². The molecule has 1 aromatic carbocycles. The third-order valence-electron chi connectivity index (χ3n) is 6.56. The predicted molar refractivity (Wildman–Crippen MR) is 126 cm³/mol. The molecule has 1 aliphatic heterocycles. The number of likely N-dealkylation sites (N-methyl/N-ethyl adjacent to an activating group) is 1. The number of nitrogens with zero attached hydrogens (tertiary/aromatic N) is 3. The first kappa shape index (κ1) is 21.2. The van der Waals surface area contributed by atoms with Crippen LogP contribution in [0.2, 0.25) is 0 Å². The molecule has 0 spiro atoms. The maximum atomic E-state index is 12.8. The lowest BCUT2D eigenvalue weighted by Crippen LogP contribution is -2.46. The number of amides is 2. The van der Waals surface area contributed by atoms with Gasteiger partial charge in [0.25, 0.3) is 5.91 Å². The van der Waals surface area contributed by atoms with Crippen LogP contribution in [-0.2, 0) is 4.79 Å². The molecule has 32 heavy (non-hydrogen) atoms. The Morgan fingerprint density at radius 2 is 1.97 bits per heavy atom. The first-order chi connectivity index (χ1) is 15.5. The number of hydrogen-bond acceptors (Lipinski definition) is 5. The van der Waals surface area contributed by atoms with Crippen LogP contribution in [0.5, 0.6) is 0 Å². The molecule has 1 saturated carbocycles. The number of para-hydroxylation sites is 2. The molecule has 3 aromatic rings. The smallest absolute Gasteiger partial charge is 0.264 e. The van der Waals surface area contributed by atoms with Crippen LogP contribution in [0, 0.1) is 5.92 Å². The van der Waals surface area contributed by atoms with Crippen molar-refractivity contribution < 1.29 is 9.59 Å². The standard InChI is InChI=1S/C24H29N5O2S/c1-15(20-7-8-21(32-20)24(31)29-11-9-28(2)10-12-29)25-22(30)14-16-13-17(16)23-26-18-5-3-4-6-19(18)27-23/h3-8,15-17H,9-14H2,1-2H3,(H,25,30)(H,26,27)/t15-,16+,17+/m1/s1. The van der Waals surface area contributed by atoms with Crippen LogP contribution in [0.25, 0.3) is 11.0 Å². The van der Waals surface area contributed by atoms with Crippen LogP contribution in [-0.4, -0.2) is 64.8 Å². The van der Waals surface area contributed by atoms with Crippen LogP contribution in [0.15, 0.2) is 36.4 Å². The third kappa shape index (κ3) is 4.42. The largest absolute Gasteiger partial charge is 0.349 e. The molecule has 0 bridgehead atoms. The number of benzene rings is 1. The first-order valence-corrected chi connectivity index (χ1v) is 12.1. The molecule has 2 fully saturated rings. The number of hydrogen-bond donors (Lipinski definition) is 2. The van der Waals surface area contributed by atoms with Gasteiger partial charge >= 0.3 is 0 Å². The van der Waals surface area contributed by atoms with Gasteiger partial charge in [-0.2, -0.15) is 0 Å². The zero-order chi connectivity index (χ0) is 22.2. The molecule has 2 aromatic heterocycles. The monoisotopic (exact) mass is 451 g/mol. The quantitative estimate of drug-likeness (QED) is 0.602. The van der Waals surface area contributed by atoms with Crippen molar-refractivity contribution in [1.29, 1.82) is 0 Å². The minimum Gasteiger partial charge on any atom is -0.349 e. The Labute approximate surface area is 191 Å². The highest BCUT2D eigenvalue weighted by molar-refractivity contribution is 7.14. The lowest BCUT2D eigenvalue weighted by atomic mass is 10.2. The van der Waals surface area contributed by atoms with E-state index < -0.39 is 0 Å². The van der Waals surface area contributed by atoms with Crippen molar-refractivity contribution in [2.24, 2.45) is 5.92 Å². The van der Waals surface area contributed by atoms with Gasteiger partial charge in [0, 0.05) is 43.4 Å². The Hall–Kier alpha value is -2.71. The molecule has 8 heteroatoms. The summed E-state index contributed by atoms with van der Waals surface area (Å²) in [6.07, 6.45) is 1.49. The third-order valence-corrected chi connectivity index (χ3v) is 7.82. The molecule has 3 atom stereocenters. The average Bonchev–Trinajstić information content (AvgIpc) is 3.19. The molecule has 0 radical (unpaired) electrons. The van der Waals surface area contributed by atoms with Gasteiger partial charge in [0.2, 0.25) is 5.91 Å². The van der Waals surface area contributed by atoms with Crippen molar-refractivity contribution in [2.45, 2.75) is 31.7 Å². The summed E-state index contributed by atoms with van der Waals surface area (Å²) >= 11 is 1.49. The fourth-order valence-electron chi connectivity index (χ4n) is 4.43. The number of piperazine rings is 1. The van der Waals surface area contributed by atoms with Crippen LogP contribution < -0.4 is 5.32 Å². The average molecular weight is 452 g/mol. The number of H-pyrrole nitrogens is 1. The maximum Gasteiger partial charge on any atom is 0.264 e. The second-order valence-corrected chi connectivity index (χ2v) is 10.1. The van der Waals surface area contributed by atoms with E-state index in [0.717, 1.165) is 59.2 Å². The van der Waals surface area contributed by atoms with Gasteiger partial charge in [-0.15, -0.1) is 11.3 Å². The molecule has 1 saturated heterocycles. The Bertz CT molecular complexity index is 1100. The van der Waals surface area contributed by atoms with Crippen LogP contribution in [0.4, 0.5) is 0 Å². The van der Waals surface area contributed by atoms with Crippen molar-refractivity contribution in [3.63, 3.8) is 0 Å². The number of fused-ring (bicyclic) bond motifs is 1. The highest BCUT2D eigenvalue weighted by Crippen LogP contribution is 2.48. The molecule has 2 amide bonds. The summed E-state index contributed by atoms with van der Waals surface area (Å²) in [5.74, 6) is 1.81. The Kier molecular flexibility index (Phi) is 5.73. The van der Waals surface area contributed by atoms with E-state index >= 15 is 0 Å². The zero-order valence-corrected chi connectivity index (χ0v) is 19.3. The number of aromatic amines is 1. The van der Waals surface area contributed by atoms with E-state index in [-0.39, 0.29) is 17.9 Å². The van der Waals surface area contributed by atoms with E-state index in [1.165, 1.54) is 11.3 Å². The topological polar surface area (TPSA) is 81.3 Å². The fraction of sp³-hybridized carbons (Fsp3) is 0.458. The molecule has 0 unspecified atom stereocenters. The minimum absolute atomic E-state index is 0.0569. The molecule has 2 N–H and O–H groups in total. The number of aromatic nitrogens is 2. The molecular weight excluding hydrogens is 422 g/mol. The number of imidazole rings is 1. The number of rotatable bonds is 6. The van der Waals surface area contributed by atoms with Crippen molar-refractivity contribution in [2.75, 3.05) is 33.2 Å². The van der Waals surface area contributed by atoms with Gasteiger partial charge in [-0.3, -0.25) is 9.59 Å². The second-order valence-electron chi connectivity index (χ2n) is 9.03. The van der Waals surface area contributed by atoms with E-state index in [0.29, 0.717) is 18.3 Å². The van der Waals surface area contributed by atoms with Gasteiger partial charge in [-0.25, -0.2) is 4.98 Å². The molecule has 7 nitrogen and oxygen atoms in total. The van der Waals surface area contributed by atoms with Gasteiger partial charge in [0.15, 0.2) is 0 Å². The number of thiophene rings is 1. The first-order valence-electron chi connectivity index (χ1n) is 11.3. The summed E-state index contributed by atoms with van der Waals surface area (Å²) in [6.45, 7) is 5.34. The van der Waals surface area contributed by atoms with Crippen LogP contribution >= 0.6 is 11.3 Å². The van der Waals surface area contributed by atoms with Crippen molar-refractivity contribution >= 4 is 34.2 Å². The molecule has 168 valence electrons. The normalized spacial score (nSPS) is 22.1. The number of carbonyl (C=O) groups is 2. The highest BCUT2D eigenvalue weighted by Gasteiger charge is 2.42. The van der Waals surface area contributed by atoms with E-state index in [2.05, 4.69) is 27.2 Å². The molecule has 1 aliphatic carbocycles. The van der Waals surface area contributed by atoms with Gasteiger partial charge in [0.1, 0.15) is 5.82 Å². The van der Waals surface area contributed by atoms with Gasteiger partial charge < -0.3 is 20.1 Å².